The highest BCUT2D eigenvalue weighted by molar-refractivity contribution is 6.30. The molecule has 2 aromatic rings. The molecule has 21 heavy (non-hydrogen) atoms. The number of ether oxygens (including phenoxy) is 1. The van der Waals surface area contributed by atoms with Crippen molar-refractivity contribution in [3.8, 4) is 11.5 Å². The normalized spacial score (nSPS) is 11.2. The largest absolute Gasteiger partial charge is 0.448 e. The molecule has 0 spiro atoms. The minimum Gasteiger partial charge on any atom is -0.448 e. The summed E-state index contributed by atoms with van der Waals surface area (Å²) in [7, 11) is 0. The zero-order chi connectivity index (χ0) is 15.4. The Morgan fingerprint density at radius 3 is 2.81 bits per heavy atom. The number of nitro benzene ring substituents is 1. The van der Waals surface area contributed by atoms with Crippen LogP contribution in [0.4, 0.5) is 5.69 Å². The first-order valence-corrected chi connectivity index (χ1v) is 5.94. The smallest absolute Gasteiger partial charge is 0.312 e. The highest BCUT2D eigenvalue weighted by Gasteiger charge is 2.18. The molecule has 0 atom stereocenters. The number of aromatic nitrogens is 1. The maximum atomic E-state index is 11.1. The van der Waals surface area contributed by atoms with Crippen LogP contribution in [0.2, 0.25) is 5.02 Å². The average Bonchev–Trinajstić information content (AvgIpc) is 2.46. The lowest BCUT2D eigenvalue weighted by atomic mass is 10.1. The zero-order valence-electron chi connectivity index (χ0n) is 10.4. The molecule has 0 saturated carbocycles. The maximum absolute atomic E-state index is 11.1. The summed E-state index contributed by atoms with van der Waals surface area (Å²) >= 11 is 5.76. The first kappa shape index (κ1) is 14.5. The topological polar surface area (TPSA) is 124 Å². The van der Waals surface area contributed by atoms with Crippen molar-refractivity contribution in [3.63, 3.8) is 0 Å². The summed E-state index contributed by atoms with van der Waals surface area (Å²) in [6.45, 7) is 0. The molecule has 0 unspecified atom stereocenters. The van der Waals surface area contributed by atoms with Crippen LogP contribution in [0.1, 0.15) is 5.56 Å². The fourth-order valence-corrected chi connectivity index (χ4v) is 1.70. The molecule has 0 aliphatic heterocycles. The molecule has 3 N–H and O–H groups in total. The molecule has 8 nitrogen and oxygen atoms in total. The van der Waals surface area contributed by atoms with E-state index in [1.165, 1.54) is 30.6 Å². The third kappa shape index (κ3) is 3.37. The van der Waals surface area contributed by atoms with Crippen LogP contribution >= 0.6 is 11.6 Å². The average molecular weight is 309 g/mol. The van der Waals surface area contributed by atoms with Crippen molar-refractivity contribution in [2.45, 2.75) is 0 Å². The quantitative estimate of drug-likeness (QED) is 0.294. The summed E-state index contributed by atoms with van der Waals surface area (Å²) in [6, 6.07) is 5.37. The third-order valence-corrected chi connectivity index (χ3v) is 2.67. The Bertz CT molecular complexity index is 720. The monoisotopic (exact) mass is 308 g/mol. The number of rotatable bonds is 4. The molecular weight excluding hydrogens is 300 g/mol. The number of oxime groups is 1. The molecule has 1 aromatic carbocycles. The molecule has 0 aliphatic carbocycles. The molecule has 0 radical (unpaired) electrons. The van der Waals surface area contributed by atoms with Crippen LogP contribution in [0.3, 0.4) is 0 Å². The number of pyridine rings is 1. The van der Waals surface area contributed by atoms with E-state index in [1.54, 1.807) is 0 Å². The Balaban J connectivity index is 2.41. The van der Waals surface area contributed by atoms with E-state index in [-0.39, 0.29) is 28.6 Å². The third-order valence-electron chi connectivity index (χ3n) is 2.47. The number of hydrogen-bond acceptors (Lipinski definition) is 6. The van der Waals surface area contributed by atoms with Gasteiger partial charge in [0.2, 0.25) is 5.75 Å². The lowest BCUT2D eigenvalue weighted by Gasteiger charge is -2.07. The zero-order valence-corrected chi connectivity index (χ0v) is 11.2. The van der Waals surface area contributed by atoms with E-state index in [0.29, 0.717) is 5.02 Å². The van der Waals surface area contributed by atoms with Crippen molar-refractivity contribution in [2.24, 2.45) is 10.9 Å². The van der Waals surface area contributed by atoms with Gasteiger partial charge in [-0.25, -0.2) is 0 Å². The van der Waals surface area contributed by atoms with Gasteiger partial charge in [0, 0.05) is 23.9 Å². The van der Waals surface area contributed by atoms with E-state index in [1.807, 2.05) is 0 Å². The van der Waals surface area contributed by atoms with Gasteiger partial charge < -0.3 is 15.7 Å². The van der Waals surface area contributed by atoms with Crippen LogP contribution in [0.5, 0.6) is 11.5 Å². The lowest BCUT2D eigenvalue weighted by Crippen LogP contribution is -2.13. The van der Waals surface area contributed by atoms with E-state index in [0.717, 1.165) is 6.07 Å². The highest BCUT2D eigenvalue weighted by atomic mass is 35.5. The molecule has 0 amide bonds. The van der Waals surface area contributed by atoms with Crippen LogP contribution in [-0.2, 0) is 0 Å². The van der Waals surface area contributed by atoms with Gasteiger partial charge in [0.1, 0.15) is 5.75 Å². The number of nitrogens with zero attached hydrogens (tertiary/aromatic N) is 3. The molecule has 2 rings (SSSR count). The van der Waals surface area contributed by atoms with Crippen molar-refractivity contribution in [3.05, 3.63) is 57.4 Å². The molecule has 9 heteroatoms. The van der Waals surface area contributed by atoms with E-state index in [9.17, 15) is 10.1 Å². The van der Waals surface area contributed by atoms with E-state index in [2.05, 4.69) is 10.1 Å². The number of nitro groups is 1. The second-order valence-electron chi connectivity index (χ2n) is 3.87. The summed E-state index contributed by atoms with van der Waals surface area (Å²) < 4.78 is 5.39. The number of nitrogens with two attached hydrogens (primary N) is 1. The predicted octanol–water partition coefficient (Wildman–Crippen LogP) is 2.53. The summed E-state index contributed by atoms with van der Waals surface area (Å²) in [6.07, 6.45) is 2.78. The van der Waals surface area contributed by atoms with Gasteiger partial charge in [-0.1, -0.05) is 16.8 Å². The first-order chi connectivity index (χ1) is 10.0. The Morgan fingerprint density at radius 2 is 2.19 bits per heavy atom. The molecule has 0 aliphatic rings. The van der Waals surface area contributed by atoms with Gasteiger partial charge in [-0.2, -0.15) is 0 Å². The minimum absolute atomic E-state index is 0.0152. The van der Waals surface area contributed by atoms with Crippen LogP contribution in [0, 0.1) is 10.1 Å². The van der Waals surface area contributed by atoms with Crippen LogP contribution in [-0.4, -0.2) is 21.0 Å². The highest BCUT2D eigenvalue weighted by Crippen LogP contribution is 2.32. The van der Waals surface area contributed by atoms with E-state index < -0.39 is 4.92 Å². The number of benzene rings is 1. The maximum Gasteiger partial charge on any atom is 0.312 e. The van der Waals surface area contributed by atoms with Gasteiger partial charge in [0.05, 0.1) is 16.1 Å². The Hall–Kier alpha value is -2.87. The van der Waals surface area contributed by atoms with Crippen molar-refractivity contribution >= 4 is 23.1 Å². The summed E-state index contributed by atoms with van der Waals surface area (Å²) in [5.41, 5.74) is 5.26. The Labute approximate surface area is 123 Å². The number of hydrogen-bond donors (Lipinski definition) is 2. The van der Waals surface area contributed by atoms with E-state index >= 15 is 0 Å². The summed E-state index contributed by atoms with van der Waals surface area (Å²) in [4.78, 5) is 14.3. The summed E-state index contributed by atoms with van der Waals surface area (Å²) in [5, 5.41) is 22.8. The van der Waals surface area contributed by atoms with Gasteiger partial charge in [0.15, 0.2) is 5.84 Å². The van der Waals surface area contributed by atoms with Gasteiger partial charge in [0.25, 0.3) is 0 Å². The van der Waals surface area contributed by atoms with Gasteiger partial charge >= 0.3 is 5.69 Å². The van der Waals surface area contributed by atoms with Crippen LogP contribution < -0.4 is 10.5 Å². The second kappa shape index (κ2) is 6.06. The van der Waals surface area contributed by atoms with Crippen LogP contribution in [0.25, 0.3) is 0 Å². The minimum atomic E-state index is -0.637. The lowest BCUT2D eigenvalue weighted by molar-refractivity contribution is -0.385. The molecule has 1 aromatic heterocycles. The van der Waals surface area contributed by atoms with Gasteiger partial charge in [-0.05, 0) is 12.1 Å². The fraction of sp³-hybridized carbons (Fsp3) is 0. The van der Waals surface area contributed by atoms with Gasteiger partial charge in [-0.3, -0.25) is 15.1 Å². The van der Waals surface area contributed by atoms with Crippen LogP contribution in [0.15, 0.2) is 41.8 Å². The molecule has 0 saturated heterocycles. The number of halogens is 1. The van der Waals surface area contributed by atoms with Crippen molar-refractivity contribution in [1.29, 1.82) is 0 Å². The van der Waals surface area contributed by atoms with Crippen molar-refractivity contribution < 1.29 is 14.9 Å². The summed E-state index contributed by atoms with van der Waals surface area (Å²) in [5.74, 6) is -0.00484. The second-order valence-corrected chi connectivity index (χ2v) is 4.30. The van der Waals surface area contributed by atoms with Crippen molar-refractivity contribution in [1.82, 2.24) is 4.98 Å². The van der Waals surface area contributed by atoms with Gasteiger partial charge in [-0.15, -0.1) is 0 Å². The van der Waals surface area contributed by atoms with Crippen molar-refractivity contribution in [2.75, 3.05) is 0 Å². The number of amidine groups is 1. The Kier molecular flexibility index (Phi) is 4.19. The molecule has 0 fully saturated rings. The predicted molar refractivity (Wildman–Crippen MR) is 74.9 cm³/mol. The standard InChI is InChI=1S/C12H9ClN4O4/c13-8-4-9(6-15-5-8)21-11-2-1-7(12(14)16-18)3-10(11)17(19)20/h1-6,18H,(H2,14,16). The molecular formula is C12H9ClN4O4. The molecule has 1 heterocycles. The molecule has 108 valence electrons. The molecule has 0 bridgehead atoms. The first-order valence-electron chi connectivity index (χ1n) is 5.56. The Morgan fingerprint density at radius 1 is 1.43 bits per heavy atom. The van der Waals surface area contributed by atoms with E-state index in [4.69, 9.17) is 27.3 Å². The SMILES string of the molecule is NC(=NO)c1ccc(Oc2cncc(Cl)c2)c([N+](=O)[O-])c1. The fourth-order valence-electron chi connectivity index (χ4n) is 1.54.